The molecule has 0 bridgehead atoms. The van der Waals surface area contributed by atoms with E-state index in [9.17, 15) is 9.90 Å². The van der Waals surface area contributed by atoms with Gasteiger partial charge in [-0.15, -0.1) is 0 Å². The van der Waals surface area contributed by atoms with E-state index in [1.165, 1.54) is 0 Å². The Kier molecular flexibility index (Phi) is 3.45. The standard InChI is InChI=1S/C7H14N2O2S/c1-7(2,3)9(6(10)11)4-5(8)12/h4H2,1-3H3,(H2,8,12)(H,10,11)/p-1. The zero-order chi connectivity index (χ0) is 9.94. The maximum atomic E-state index is 10.6. The largest absolute Gasteiger partial charge is 0.530 e. The smallest absolute Gasteiger partial charge is 0.137 e. The van der Waals surface area contributed by atoms with Crippen molar-refractivity contribution >= 4 is 23.3 Å². The van der Waals surface area contributed by atoms with Crippen molar-refractivity contribution in [1.82, 2.24) is 4.90 Å². The molecule has 0 radical (unpaired) electrons. The Morgan fingerprint density at radius 2 is 2.00 bits per heavy atom. The Morgan fingerprint density at radius 3 is 2.08 bits per heavy atom. The Bertz CT molecular complexity index is 198. The lowest BCUT2D eigenvalue weighted by molar-refractivity contribution is -0.269. The second kappa shape index (κ2) is 3.71. The van der Waals surface area contributed by atoms with Crippen molar-refractivity contribution < 1.29 is 9.90 Å². The van der Waals surface area contributed by atoms with Crippen molar-refractivity contribution in [3.8, 4) is 0 Å². The number of thiocarbonyl (C=S) groups is 1. The Hall–Kier alpha value is -0.840. The van der Waals surface area contributed by atoms with E-state index in [1.807, 2.05) is 0 Å². The van der Waals surface area contributed by atoms with Crippen molar-refractivity contribution in [1.29, 1.82) is 0 Å². The minimum Gasteiger partial charge on any atom is -0.530 e. The van der Waals surface area contributed by atoms with Crippen LogP contribution in [0.4, 0.5) is 4.79 Å². The molecule has 0 aromatic rings. The predicted molar refractivity (Wildman–Crippen MR) is 48.6 cm³/mol. The molecule has 0 saturated carbocycles. The lowest BCUT2D eigenvalue weighted by Crippen LogP contribution is -2.54. The third-order valence-corrected chi connectivity index (χ3v) is 1.47. The topological polar surface area (TPSA) is 69.4 Å². The second-order valence-electron chi connectivity index (χ2n) is 3.49. The van der Waals surface area contributed by atoms with Gasteiger partial charge in [-0.05, 0) is 20.8 Å². The van der Waals surface area contributed by atoms with Crippen LogP contribution in [0.15, 0.2) is 0 Å². The third kappa shape index (κ3) is 3.52. The first-order valence-electron chi connectivity index (χ1n) is 3.52. The lowest BCUT2D eigenvalue weighted by Gasteiger charge is -2.37. The van der Waals surface area contributed by atoms with Crippen LogP contribution in [-0.4, -0.2) is 28.1 Å². The third-order valence-electron chi connectivity index (χ3n) is 1.34. The number of nitrogens with zero attached hydrogens (tertiary/aromatic N) is 1. The van der Waals surface area contributed by atoms with Gasteiger partial charge in [0.1, 0.15) is 6.09 Å². The first-order chi connectivity index (χ1) is 5.25. The highest BCUT2D eigenvalue weighted by molar-refractivity contribution is 7.80. The summed E-state index contributed by atoms with van der Waals surface area (Å²) in [7, 11) is 0. The molecule has 0 atom stereocenters. The van der Waals surface area contributed by atoms with Crippen LogP contribution in [-0.2, 0) is 0 Å². The molecule has 12 heavy (non-hydrogen) atoms. The molecule has 0 aliphatic carbocycles. The maximum absolute atomic E-state index is 10.6. The van der Waals surface area contributed by atoms with Crippen LogP contribution < -0.4 is 10.8 Å². The van der Waals surface area contributed by atoms with Crippen molar-refractivity contribution in [2.45, 2.75) is 26.3 Å². The number of carbonyl (C=O) groups is 1. The number of carbonyl (C=O) groups excluding carboxylic acids is 1. The van der Waals surface area contributed by atoms with Gasteiger partial charge in [0.25, 0.3) is 0 Å². The van der Waals surface area contributed by atoms with Crippen LogP contribution in [0, 0.1) is 0 Å². The Labute approximate surface area is 77.3 Å². The second-order valence-corrected chi connectivity index (χ2v) is 4.01. The summed E-state index contributed by atoms with van der Waals surface area (Å²) in [5.41, 5.74) is 4.70. The number of hydrogen-bond acceptors (Lipinski definition) is 3. The van der Waals surface area contributed by atoms with Gasteiger partial charge in [0.2, 0.25) is 0 Å². The highest BCUT2D eigenvalue weighted by Crippen LogP contribution is 2.11. The first-order valence-corrected chi connectivity index (χ1v) is 3.93. The van der Waals surface area contributed by atoms with E-state index in [0.29, 0.717) is 0 Å². The molecule has 0 aliphatic rings. The fraction of sp³-hybridized carbons (Fsp3) is 0.714. The zero-order valence-electron chi connectivity index (χ0n) is 7.46. The maximum Gasteiger partial charge on any atom is 0.137 e. The van der Waals surface area contributed by atoms with Crippen LogP contribution in [0.2, 0.25) is 0 Å². The summed E-state index contributed by atoms with van der Waals surface area (Å²) >= 11 is 4.60. The predicted octanol–water partition coefficient (Wildman–Crippen LogP) is -0.284. The number of carboxylic acid groups (broad SMARTS) is 1. The van der Waals surface area contributed by atoms with E-state index in [4.69, 9.17) is 5.73 Å². The normalized spacial score (nSPS) is 10.9. The highest BCUT2D eigenvalue weighted by Gasteiger charge is 2.21. The Balaban J connectivity index is 4.46. The average Bonchev–Trinajstić information content (AvgIpc) is 1.79. The van der Waals surface area contributed by atoms with Crippen molar-refractivity contribution in [2.24, 2.45) is 5.73 Å². The van der Waals surface area contributed by atoms with Crippen molar-refractivity contribution in [2.75, 3.05) is 6.54 Å². The molecule has 1 amide bonds. The summed E-state index contributed by atoms with van der Waals surface area (Å²) < 4.78 is 0. The summed E-state index contributed by atoms with van der Waals surface area (Å²) in [5, 5.41) is 10.6. The molecule has 4 nitrogen and oxygen atoms in total. The fourth-order valence-electron chi connectivity index (χ4n) is 0.731. The molecular formula is C7H13N2O2S-. The molecule has 2 N–H and O–H groups in total. The van der Waals surface area contributed by atoms with E-state index < -0.39 is 11.6 Å². The summed E-state index contributed by atoms with van der Waals surface area (Å²) in [4.78, 5) is 11.8. The van der Waals surface area contributed by atoms with Gasteiger partial charge in [0.15, 0.2) is 0 Å². The molecule has 0 fully saturated rings. The van der Waals surface area contributed by atoms with E-state index in [1.54, 1.807) is 20.8 Å². The lowest BCUT2D eigenvalue weighted by atomic mass is 10.1. The molecule has 0 rings (SSSR count). The summed E-state index contributed by atoms with van der Waals surface area (Å²) in [5.74, 6) is 0. The minimum absolute atomic E-state index is 0.0428. The number of amides is 1. The van der Waals surface area contributed by atoms with Gasteiger partial charge in [-0.2, -0.15) is 0 Å². The van der Waals surface area contributed by atoms with Crippen LogP contribution >= 0.6 is 12.2 Å². The van der Waals surface area contributed by atoms with Gasteiger partial charge in [-0.3, -0.25) is 0 Å². The number of nitrogens with two attached hydrogens (primary N) is 1. The van der Waals surface area contributed by atoms with Gasteiger partial charge in [-0.1, -0.05) is 12.2 Å². The zero-order valence-corrected chi connectivity index (χ0v) is 8.27. The first kappa shape index (κ1) is 11.2. The minimum atomic E-state index is -1.25. The summed E-state index contributed by atoms with van der Waals surface area (Å²) in [6, 6.07) is 0. The van der Waals surface area contributed by atoms with E-state index in [2.05, 4.69) is 12.2 Å². The van der Waals surface area contributed by atoms with E-state index in [-0.39, 0.29) is 11.5 Å². The number of rotatable bonds is 2. The van der Waals surface area contributed by atoms with Gasteiger partial charge >= 0.3 is 0 Å². The molecule has 0 unspecified atom stereocenters. The quantitative estimate of drug-likeness (QED) is 0.606. The molecule has 70 valence electrons. The molecular weight excluding hydrogens is 176 g/mol. The van der Waals surface area contributed by atoms with Gasteiger partial charge in [0, 0.05) is 5.54 Å². The van der Waals surface area contributed by atoms with Crippen LogP contribution in [0.5, 0.6) is 0 Å². The number of hydrogen-bond donors (Lipinski definition) is 1. The molecule has 0 saturated heterocycles. The highest BCUT2D eigenvalue weighted by atomic mass is 32.1. The van der Waals surface area contributed by atoms with Crippen LogP contribution in [0.25, 0.3) is 0 Å². The Morgan fingerprint density at radius 1 is 1.58 bits per heavy atom. The van der Waals surface area contributed by atoms with Gasteiger partial charge in [0.05, 0.1) is 11.5 Å². The average molecular weight is 189 g/mol. The fourth-order valence-corrected chi connectivity index (χ4v) is 0.861. The molecule has 0 aromatic carbocycles. The van der Waals surface area contributed by atoms with Gasteiger partial charge < -0.3 is 20.5 Å². The van der Waals surface area contributed by atoms with Crippen LogP contribution in [0.3, 0.4) is 0 Å². The molecule has 0 aromatic heterocycles. The van der Waals surface area contributed by atoms with E-state index >= 15 is 0 Å². The van der Waals surface area contributed by atoms with Crippen LogP contribution in [0.1, 0.15) is 20.8 Å². The SMILES string of the molecule is CC(C)(C)N(CC(N)=S)C(=O)[O-]. The van der Waals surface area contributed by atoms with E-state index in [0.717, 1.165) is 4.90 Å². The molecule has 5 heteroatoms. The summed E-state index contributed by atoms with van der Waals surface area (Å²) in [6.45, 7) is 5.30. The van der Waals surface area contributed by atoms with Crippen molar-refractivity contribution in [3.05, 3.63) is 0 Å². The molecule has 0 aliphatic heterocycles. The molecule has 0 heterocycles. The monoisotopic (exact) mass is 189 g/mol. The molecule has 0 spiro atoms. The summed E-state index contributed by atoms with van der Waals surface area (Å²) in [6.07, 6.45) is -1.25. The van der Waals surface area contributed by atoms with Gasteiger partial charge in [-0.25, -0.2) is 0 Å². The van der Waals surface area contributed by atoms with Crippen molar-refractivity contribution in [3.63, 3.8) is 0 Å².